The van der Waals surface area contributed by atoms with Crippen molar-refractivity contribution in [3.63, 3.8) is 0 Å². The lowest BCUT2D eigenvalue weighted by Gasteiger charge is -2.19. The summed E-state index contributed by atoms with van der Waals surface area (Å²) >= 11 is 0. The van der Waals surface area contributed by atoms with E-state index >= 15 is 0 Å². The van der Waals surface area contributed by atoms with E-state index in [0.717, 1.165) is 13.0 Å². The normalized spacial score (nSPS) is 14.1. The zero-order chi connectivity index (χ0) is 15.5. The fourth-order valence-corrected chi connectivity index (χ4v) is 2.40. The van der Waals surface area contributed by atoms with Gasteiger partial charge in [-0.1, -0.05) is 50.5 Å². The van der Waals surface area contributed by atoms with Crippen LogP contribution in [0, 0.1) is 6.92 Å². The van der Waals surface area contributed by atoms with Gasteiger partial charge < -0.3 is 15.2 Å². The monoisotopic (exact) mass is 293 g/mol. The average molecular weight is 293 g/mol. The molecule has 1 rings (SSSR count). The van der Waals surface area contributed by atoms with E-state index in [1.165, 1.54) is 30.4 Å². The van der Waals surface area contributed by atoms with Crippen LogP contribution in [-0.2, 0) is 4.74 Å². The van der Waals surface area contributed by atoms with Crippen molar-refractivity contribution in [2.24, 2.45) is 0 Å². The molecule has 2 N–H and O–H groups in total. The van der Waals surface area contributed by atoms with E-state index in [1.54, 1.807) is 0 Å². The van der Waals surface area contributed by atoms with Gasteiger partial charge in [-0.25, -0.2) is 0 Å². The van der Waals surface area contributed by atoms with Crippen molar-refractivity contribution in [3.8, 4) is 0 Å². The molecule has 0 saturated heterocycles. The molecule has 1 unspecified atom stereocenters. The summed E-state index contributed by atoms with van der Waals surface area (Å²) < 4.78 is 5.51. The molecule has 0 spiro atoms. The molecule has 21 heavy (non-hydrogen) atoms. The Morgan fingerprint density at radius 2 is 1.95 bits per heavy atom. The zero-order valence-electron chi connectivity index (χ0n) is 13.8. The van der Waals surface area contributed by atoms with Gasteiger partial charge in [-0.15, -0.1) is 0 Å². The summed E-state index contributed by atoms with van der Waals surface area (Å²) in [4.78, 5) is 0. The SMILES string of the molecule is CCCCCCOCC(O)CN[C@@H](C)c1ccccc1C. The van der Waals surface area contributed by atoms with Crippen molar-refractivity contribution in [1.29, 1.82) is 0 Å². The maximum absolute atomic E-state index is 9.93. The van der Waals surface area contributed by atoms with Crippen LogP contribution in [0.3, 0.4) is 0 Å². The van der Waals surface area contributed by atoms with Crippen molar-refractivity contribution in [3.05, 3.63) is 35.4 Å². The van der Waals surface area contributed by atoms with E-state index in [9.17, 15) is 5.11 Å². The average Bonchev–Trinajstić information content (AvgIpc) is 2.49. The summed E-state index contributed by atoms with van der Waals surface area (Å²) in [6.07, 6.45) is 4.37. The van der Waals surface area contributed by atoms with Crippen LogP contribution in [0.25, 0.3) is 0 Å². The summed E-state index contributed by atoms with van der Waals surface area (Å²) in [6, 6.07) is 8.58. The first-order valence-corrected chi connectivity index (χ1v) is 8.19. The van der Waals surface area contributed by atoms with Gasteiger partial charge in [-0.3, -0.25) is 0 Å². The summed E-state index contributed by atoms with van der Waals surface area (Å²) in [5.74, 6) is 0. The first-order valence-electron chi connectivity index (χ1n) is 8.19. The standard InChI is InChI=1S/C18H31NO2/c1-4-5-6-9-12-21-14-17(20)13-19-16(3)18-11-8-7-10-15(18)2/h7-8,10-11,16-17,19-20H,4-6,9,12-14H2,1-3H3/t16-,17?/m0/s1. The molecule has 3 nitrogen and oxygen atoms in total. The molecular weight excluding hydrogens is 262 g/mol. The Hall–Kier alpha value is -0.900. The number of nitrogens with one attached hydrogen (secondary N) is 1. The summed E-state index contributed by atoms with van der Waals surface area (Å²) in [7, 11) is 0. The minimum Gasteiger partial charge on any atom is -0.389 e. The van der Waals surface area contributed by atoms with Gasteiger partial charge in [0.15, 0.2) is 0 Å². The molecule has 0 radical (unpaired) electrons. The molecule has 2 atom stereocenters. The van der Waals surface area contributed by atoms with Gasteiger partial charge in [0.05, 0.1) is 12.7 Å². The third kappa shape index (κ3) is 7.60. The highest BCUT2D eigenvalue weighted by Gasteiger charge is 2.10. The first kappa shape index (κ1) is 18.1. The molecular formula is C18H31NO2. The number of aliphatic hydroxyl groups is 1. The van der Waals surface area contributed by atoms with Crippen molar-refractivity contribution >= 4 is 0 Å². The summed E-state index contributed by atoms with van der Waals surface area (Å²) in [6.45, 7) is 8.17. The highest BCUT2D eigenvalue weighted by Crippen LogP contribution is 2.16. The number of hydrogen-bond donors (Lipinski definition) is 2. The third-order valence-electron chi connectivity index (χ3n) is 3.77. The third-order valence-corrected chi connectivity index (χ3v) is 3.77. The quantitative estimate of drug-likeness (QED) is 0.613. The van der Waals surface area contributed by atoms with Gasteiger partial charge in [0.25, 0.3) is 0 Å². The molecule has 0 aromatic heterocycles. The van der Waals surface area contributed by atoms with E-state index in [-0.39, 0.29) is 6.04 Å². The summed E-state index contributed by atoms with van der Waals surface area (Å²) in [5.41, 5.74) is 2.56. The second-order valence-corrected chi connectivity index (χ2v) is 5.78. The number of hydrogen-bond acceptors (Lipinski definition) is 3. The van der Waals surface area contributed by atoms with E-state index in [1.807, 2.05) is 6.07 Å². The van der Waals surface area contributed by atoms with Gasteiger partial charge >= 0.3 is 0 Å². The highest BCUT2D eigenvalue weighted by molar-refractivity contribution is 5.28. The number of unbranched alkanes of at least 4 members (excludes halogenated alkanes) is 3. The summed E-state index contributed by atoms with van der Waals surface area (Å²) in [5, 5.41) is 13.3. The number of benzene rings is 1. The van der Waals surface area contributed by atoms with E-state index < -0.39 is 6.10 Å². The predicted molar refractivity (Wildman–Crippen MR) is 88.6 cm³/mol. The molecule has 0 amide bonds. The lowest BCUT2D eigenvalue weighted by atomic mass is 10.0. The molecule has 0 aliphatic heterocycles. The van der Waals surface area contributed by atoms with Gasteiger partial charge in [-0.2, -0.15) is 0 Å². The van der Waals surface area contributed by atoms with Gasteiger partial charge in [-0.05, 0) is 31.4 Å². The Balaban J connectivity index is 2.15. The van der Waals surface area contributed by atoms with Gasteiger partial charge in [0, 0.05) is 19.2 Å². The number of aryl methyl sites for hydroxylation is 1. The van der Waals surface area contributed by atoms with E-state index in [2.05, 4.69) is 44.3 Å². The number of ether oxygens (including phenoxy) is 1. The maximum Gasteiger partial charge on any atom is 0.0897 e. The lowest BCUT2D eigenvalue weighted by Crippen LogP contribution is -2.32. The fraction of sp³-hybridized carbons (Fsp3) is 0.667. The van der Waals surface area contributed by atoms with Crippen molar-refractivity contribution in [2.45, 2.75) is 58.6 Å². The highest BCUT2D eigenvalue weighted by atomic mass is 16.5. The maximum atomic E-state index is 9.93. The fourth-order valence-electron chi connectivity index (χ4n) is 2.40. The molecule has 3 heteroatoms. The Bertz CT molecular complexity index is 381. The molecule has 0 bridgehead atoms. The topological polar surface area (TPSA) is 41.5 Å². The van der Waals surface area contributed by atoms with Crippen LogP contribution in [0.5, 0.6) is 0 Å². The molecule has 0 aliphatic rings. The van der Waals surface area contributed by atoms with Crippen LogP contribution in [0.2, 0.25) is 0 Å². The Morgan fingerprint density at radius 1 is 1.19 bits per heavy atom. The van der Waals surface area contributed by atoms with Crippen LogP contribution in [0.1, 0.15) is 56.7 Å². The van der Waals surface area contributed by atoms with E-state index in [4.69, 9.17) is 4.74 Å². The molecule has 1 aromatic rings. The van der Waals surface area contributed by atoms with Crippen molar-refractivity contribution in [2.75, 3.05) is 19.8 Å². The Morgan fingerprint density at radius 3 is 2.67 bits per heavy atom. The minimum absolute atomic E-state index is 0.241. The zero-order valence-corrected chi connectivity index (χ0v) is 13.8. The molecule has 0 saturated carbocycles. The number of aliphatic hydroxyl groups excluding tert-OH is 1. The van der Waals surface area contributed by atoms with E-state index in [0.29, 0.717) is 13.2 Å². The lowest BCUT2D eigenvalue weighted by molar-refractivity contribution is 0.0343. The van der Waals surface area contributed by atoms with Crippen LogP contribution >= 0.6 is 0 Å². The Labute approximate surface area is 129 Å². The second-order valence-electron chi connectivity index (χ2n) is 5.78. The molecule has 0 aliphatic carbocycles. The molecule has 0 fully saturated rings. The molecule has 120 valence electrons. The Kier molecular flexibility index (Phi) is 9.31. The second kappa shape index (κ2) is 10.8. The molecule has 0 heterocycles. The molecule has 1 aromatic carbocycles. The van der Waals surface area contributed by atoms with Crippen LogP contribution in [0.15, 0.2) is 24.3 Å². The van der Waals surface area contributed by atoms with Crippen LogP contribution < -0.4 is 5.32 Å². The largest absolute Gasteiger partial charge is 0.389 e. The van der Waals surface area contributed by atoms with Crippen molar-refractivity contribution < 1.29 is 9.84 Å². The first-order chi connectivity index (χ1) is 10.1. The number of rotatable bonds is 11. The smallest absolute Gasteiger partial charge is 0.0897 e. The van der Waals surface area contributed by atoms with Crippen molar-refractivity contribution in [1.82, 2.24) is 5.32 Å². The van der Waals surface area contributed by atoms with Crippen LogP contribution in [0.4, 0.5) is 0 Å². The predicted octanol–water partition coefficient (Wildman–Crippen LogP) is 3.60. The van der Waals surface area contributed by atoms with Gasteiger partial charge in [0.1, 0.15) is 0 Å². The minimum atomic E-state index is -0.442. The van der Waals surface area contributed by atoms with Crippen LogP contribution in [-0.4, -0.2) is 31.0 Å². The van der Waals surface area contributed by atoms with Gasteiger partial charge in [0.2, 0.25) is 0 Å².